The molecule has 1 unspecified atom stereocenters. The number of nitrogens with zero attached hydrogens (tertiary/aromatic N) is 3. The van der Waals surface area contributed by atoms with E-state index in [1.165, 1.54) is 27.6 Å². The number of rotatable bonds is 6. The second-order valence-electron chi connectivity index (χ2n) is 8.82. The first-order valence-electron chi connectivity index (χ1n) is 11.1. The highest BCUT2D eigenvalue weighted by Gasteiger charge is 2.41. The predicted molar refractivity (Wildman–Crippen MR) is 122 cm³/mol. The smallest absolute Gasteiger partial charge is 0.236 e. The van der Waals surface area contributed by atoms with Crippen molar-refractivity contribution in [3.8, 4) is 0 Å². The van der Waals surface area contributed by atoms with Crippen LogP contribution in [0.15, 0.2) is 41.8 Å². The van der Waals surface area contributed by atoms with Crippen LogP contribution in [-0.2, 0) is 27.0 Å². The molecule has 2 aliphatic heterocycles. The van der Waals surface area contributed by atoms with E-state index in [2.05, 4.69) is 16.3 Å². The van der Waals surface area contributed by atoms with Crippen molar-refractivity contribution in [2.24, 2.45) is 5.92 Å². The lowest BCUT2D eigenvalue weighted by atomic mass is 9.96. The van der Waals surface area contributed by atoms with E-state index in [0.29, 0.717) is 44.7 Å². The summed E-state index contributed by atoms with van der Waals surface area (Å²) in [5, 5.41) is 2.18. The normalized spacial score (nSPS) is 23.0. The van der Waals surface area contributed by atoms with Crippen LogP contribution >= 0.6 is 11.3 Å². The molecule has 1 aromatic carbocycles. The molecule has 1 atom stereocenters. The van der Waals surface area contributed by atoms with E-state index in [0.717, 1.165) is 18.5 Å². The molecule has 1 aliphatic carbocycles. The van der Waals surface area contributed by atoms with Gasteiger partial charge in [-0.3, -0.25) is 9.69 Å². The summed E-state index contributed by atoms with van der Waals surface area (Å²) in [6.07, 6.45) is 3.53. The van der Waals surface area contributed by atoms with E-state index in [-0.39, 0.29) is 11.7 Å². The van der Waals surface area contributed by atoms with Gasteiger partial charge >= 0.3 is 0 Å². The van der Waals surface area contributed by atoms with Crippen LogP contribution in [0.5, 0.6) is 0 Å². The first-order valence-corrected chi connectivity index (χ1v) is 13.6. The molecule has 1 amide bonds. The number of amides is 1. The highest BCUT2D eigenvalue weighted by molar-refractivity contribution is 7.88. The maximum atomic E-state index is 13.1. The van der Waals surface area contributed by atoms with Gasteiger partial charge in [0, 0.05) is 43.6 Å². The summed E-state index contributed by atoms with van der Waals surface area (Å²) in [6, 6.07) is 11.9. The Bertz CT molecular complexity index is 1030. The molecule has 2 fully saturated rings. The highest BCUT2D eigenvalue weighted by atomic mass is 32.2. The van der Waals surface area contributed by atoms with Crippen molar-refractivity contribution in [2.75, 3.05) is 39.3 Å². The molecular formula is C23H29N3O3S2. The summed E-state index contributed by atoms with van der Waals surface area (Å²) in [4.78, 5) is 18.8. The molecule has 3 heterocycles. The van der Waals surface area contributed by atoms with Gasteiger partial charge in [0.1, 0.15) is 0 Å². The zero-order valence-corrected chi connectivity index (χ0v) is 19.3. The average molecular weight is 460 g/mol. The fourth-order valence-electron chi connectivity index (χ4n) is 4.91. The monoisotopic (exact) mass is 459 g/mol. The van der Waals surface area contributed by atoms with Gasteiger partial charge in [-0.2, -0.15) is 4.31 Å². The third-order valence-electron chi connectivity index (χ3n) is 6.70. The topological polar surface area (TPSA) is 60.9 Å². The first-order chi connectivity index (χ1) is 15.0. The Morgan fingerprint density at radius 3 is 2.45 bits per heavy atom. The number of piperazine rings is 1. The second-order valence-corrected chi connectivity index (χ2v) is 11.8. The third kappa shape index (κ3) is 4.58. The zero-order chi connectivity index (χ0) is 21.4. The van der Waals surface area contributed by atoms with E-state index < -0.39 is 10.0 Å². The van der Waals surface area contributed by atoms with E-state index in [4.69, 9.17) is 0 Å². The predicted octanol–water partition coefficient (Wildman–Crippen LogP) is 2.73. The molecule has 8 heteroatoms. The molecule has 1 saturated heterocycles. The van der Waals surface area contributed by atoms with Gasteiger partial charge in [-0.15, -0.1) is 11.3 Å². The Morgan fingerprint density at radius 1 is 1.00 bits per heavy atom. The van der Waals surface area contributed by atoms with Crippen LogP contribution in [0, 0.1) is 5.92 Å². The third-order valence-corrected chi connectivity index (χ3v) is 9.55. The van der Waals surface area contributed by atoms with E-state index in [1.54, 1.807) is 0 Å². The average Bonchev–Trinajstić information content (AvgIpc) is 3.50. The number of thiophene rings is 1. The maximum absolute atomic E-state index is 13.1. The fourth-order valence-corrected chi connectivity index (χ4v) is 7.33. The summed E-state index contributed by atoms with van der Waals surface area (Å²) in [5.41, 5.74) is 2.23. The maximum Gasteiger partial charge on any atom is 0.236 e. The number of hydrogen-bond acceptors (Lipinski definition) is 5. The van der Waals surface area contributed by atoms with Crippen molar-refractivity contribution < 1.29 is 13.2 Å². The molecule has 0 radical (unpaired) electrons. The number of carbonyl (C=O) groups is 1. The largest absolute Gasteiger partial charge is 0.339 e. The number of carbonyl (C=O) groups excluding carboxylic acids is 1. The molecule has 5 rings (SSSR count). The zero-order valence-electron chi connectivity index (χ0n) is 17.7. The van der Waals surface area contributed by atoms with Crippen LogP contribution in [0.1, 0.15) is 34.9 Å². The van der Waals surface area contributed by atoms with Crippen LogP contribution in [0.2, 0.25) is 0 Å². The SMILES string of the molecule is O=C(CN1CCc2sccc2C1C1CC1)N1CCN(S(=O)(=O)Cc2ccccc2)CC1. The number of benzene rings is 1. The van der Waals surface area contributed by atoms with Crippen molar-refractivity contribution >= 4 is 27.3 Å². The van der Waals surface area contributed by atoms with E-state index in [1.807, 2.05) is 46.6 Å². The van der Waals surface area contributed by atoms with Gasteiger partial charge in [0.25, 0.3) is 0 Å². The Hall–Kier alpha value is -1.74. The van der Waals surface area contributed by atoms with Gasteiger partial charge in [0.15, 0.2) is 0 Å². The molecular weight excluding hydrogens is 430 g/mol. The minimum atomic E-state index is -3.37. The van der Waals surface area contributed by atoms with Crippen molar-refractivity contribution in [1.82, 2.24) is 14.1 Å². The summed E-state index contributed by atoms with van der Waals surface area (Å²) < 4.78 is 27.1. The van der Waals surface area contributed by atoms with Gasteiger partial charge in [0.05, 0.1) is 12.3 Å². The van der Waals surface area contributed by atoms with Crippen LogP contribution in [0.3, 0.4) is 0 Å². The van der Waals surface area contributed by atoms with Crippen molar-refractivity contribution in [2.45, 2.75) is 31.1 Å². The molecule has 3 aliphatic rings. The van der Waals surface area contributed by atoms with Gasteiger partial charge in [-0.05, 0) is 47.8 Å². The lowest BCUT2D eigenvalue weighted by Crippen LogP contribution is -2.53. The molecule has 31 heavy (non-hydrogen) atoms. The summed E-state index contributed by atoms with van der Waals surface area (Å²) in [7, 11) is -3.37. The lowest BCUT2D eigenvalue weighted by Gasteiger charge is -2.39. The second kappa shape index (κ2) is 8.65. The molecule has 6 nitrogen and oxygen atoms in total. The fraction of sp³-hybridized carbons (Fsp3) is 0.522. The minimum Gasteiger partial charge on any atom is -0.339 e. The quantitative estimate of drug-likeness (QED) is 0.667. The first kappa shape index (κ1) is 21.1. The van der Waals surface area contributed by atoms with Crippen LogP contribution in [0.4, 0.5) is 0 Å². The van der Waals surface area contributed by atoms with Gasteiger partial charge in [-0.1, -0.05) is 30.3 Å². The molecule has 1 aromatic heterocycles. The Morgan fingerprint density at radius 2 is 1.74 bits per heavy atom. The van der Waals surface area contributed by atoms with E-state index in [9.17, 15) is 13.2 Å². The number of sulfonamides is 1. The minimum absolute atomic E-state index is 0.0155. The van der Waals surface area contributed by atoms with E-state index >= 15 is 0 Å². The lowest BCUT2D eigenvalue weighted by molar-refractivity contribution is -0.134. The van der Waals surface area contributed by atoms with Crippen molar-refractivity contribution in [3.63, 3.8) is 0 Å². The summed E-state index contributed by atoms with van der Waals surface area (Å²) in [6.45, 7) is 3.07. The number of fused-ring (bicyclic) bond motifs is 1. The van der Waals surface area contributed by atoms with Gasteiger partial charge in [-0.25, -0.2) is 8.42 Å². The molecule has 0 spiro atoms. The van der Waals surface area contributed by atoms with Gasteiger partial charge < -0.3 is 4.90 Å². The number of hydrogen-bond donors (Lipinski definition) is 0. The Balaban J connectivity index is 1.18. The van der Waals surface area contributed by atoms with Crippen molar-refractivity contribution in [1.29, 1.82) is 0 Å². The molecule has 2 aromatic rings. The molecule has 0 N–H and O–H groups in total. The van der Waals surface area contributed by atoms with Gasteiger partial charge in [0.2, 0.25) is 15.9 Å². The van der Waals surface area contributed by atoms with Crippen LogP contribution < -0.4 is 0 Å². The molecule has 1 saturated carbocycles. The Labute approximate surface area is 188 Å². The molecule has 0 bridgehead atoms. The van der Waals surface area contributed by atoms with Crippen LogP contribution in [0.25, 0.3) is 0 Å². The summed E-state index contributed by atoms with van der Waals surface area (Å²) in [5.74, 6) is 0.826. The van der Waals surface area contributed by atoms with Crippen molar-refractivity contribution in [3.05, 3.63) is 57.8 Å². The Kier molecular flexibility index (Phi) is 5.90. The standard InChI is InChI=1S/C23H29N3O3S2/c27-22(16-25-10-8-21-20(9-15-30-21)23(25)19-6-7-19)24-11-13-26(14-12-24)31(28,29)17-18-4-2-1-3-5-18/h1-5,9,15,19,23H,6-8,10-14,16-17H2. The van der Waals surface area contributed by atoms with Crippen LogP contribution in [-0.4, -0.2) is 67.7 Å². The summed E-state index contributed by atoms with van der Waals surface area (Å²) >= 11 is 1.84. The molecule has 166 valence electrons. The highest BCUT2D eigenvalue weighted by Crippen LogP contribution is 2.48.